The van der Waals surface area contributed by atoms with E-state index in [-0.39, 0.29) is 18.2 Å². The van der Waals surface area contributed by atoms with Crippen LogP contribution in [0.15, 0.2) is 53.6 Å². The predicted molar refractivity (Wildman–Crippen MR) is 92.0 cm³/mol. The highest BCUT2D eigenvalue weighted by molar-refractivity contribution is 7.22. The van der Waals surface area contributed by atoms with Crippen LogP contribution in [0, 0.1) is 0 Å². The quantitative estimate of drug-likeness (QED) is 0.497. The second kappa shape index (κ2) is 6.89. The molecule has 0 fully saturated rings. The number of benzene rings is 2. The van der Waals surface area contributed by atoms with Crippen molar-refractivity contribution in [2.24, 2.45) is 5.10 Å². The van der Waals surface area contributed by atoms with Gasteiger partial charge >= 0.3 is 0 Å². The highest BCUT2D eigenvalue weighted by Gasteiger charge is 2.05. The molecule has 0 spiro atoms. The molecule has 1 heterocycles. The van der Waals surface area contributed by atoms with Crippen LogP contribution < -0.4 is 10.7 Å². The van der Waals surface area contributed by atoms with Crippen molar-refractivity contribution in [3.63, 3.8) is 0 Å². The van der Waals surface area contributed by atoms with E-state index in [0.29, 0.717) is 10.7 Å². The number of carbonyl (C=O) groups excluding carboxylic acids is 1. The van der Waals surface area contributed by atoms with Gasteiger partial charge in [0.15, 0.2) is 5.13 Å². The van der Waals surface area contributed by atoms with Crippen molar-refractivity contribution in [3.05, 3.63) is 54.1 Å². The highest BCUT2D eigenvalue weighted by Crippen LogP contribution is 2.24. The Hall–Kier alpha value is -2.93. The zero-order valence-electron chi connectivity index (χ0n) is 12.1. The van der Waals surface area contributed by atoms with E-state index < -0.39 is 0 Å². The van der Waals surface area contributed by atoms with Gasteiger partial charge in [0.1, 0.15) is 5.75 Å². The number of carbonyl (C=O) groups is 1. The molecule has 0 atom stereocenters. The first-order chi connectivity index (χ1) is 11.2. The molecule has 3 rings (SSSR count). The maximum Gasteiger partial charge on any atom is 0.259 e. The lowest BCUT2D eigenvalue weighted by Crippen LogP contribution is -2.25. The van der Waals surface area contributed by atoms with Crippen molar-refractivity contribution in [2.45, 2.75) is 0 Å². The van der Waals surface area contributed by atoms with Crippen molar-refractivity contribution >= 4 is 38.8 Å². The second-order valence-corrected chi connectivity index (χ2v) is 5.72. The molecule has 0 bridgehead atoms. The summed E-state index contributed by atoms with van der Waals surface area (Å²) in [6.07, 6.45) is 1.39. The lowest BCUT2D eigenvalue weighted by molar-refractivity contribution is -0.119. The Labute approximate surface area is 136 Å². The number of nitrogens with zero attached hydrogens (tertiary/aromatic N) is 2. The van der Waals surface area contributed by atoms with E-state index in [9.17, 15) is 9.90 Å². The van der Waals surface area contributed by atoms with Crippen molar-refractivity contribution < 1.29 is 9.90 Å². The number of hydrazone groups is 1. The summed E-state index contributed by atoms with van der Waals surface area (Å²) in [6.45, 7) is 0.0674. The molecule has 0 saturated carbocycles. The molecule has 23 heavy (non-hydrogen) atoms. The smallest absolute Gasteiger partial charge is 0.259 e. The zero-order valence-corrected chi connectivity index (χ0v) is 12.9. The molecule has 6 nitrogen and oxygen atoms in total. The van der Waals surface area contributed by atoms with Crippen molar-refractivity contribution in [1.29, 1.82) is 0 Å². The van der Waals surface area contributed by atoms with E-state index >= 15 is 0 Å². The molecular formula is C16H14N4O2S. The molecule has 1 amide bonds. The average molecular weight is 326 g/mol. The molecule has 0 unspecified atom stereocenters. The Morgan fingerprint density at radius 3 is 2.83 bits per heavy atom. The molecule has 3 aromatic rings. The first-order valence-electron chi connectivity index (χ1n) is 6.92. The Kier molecular flexibility index (Phi) is 4.49. The fourth-order valence-corrected chi connectivity index (χ4v) is 2.78. The number of hydrogen-bond acceptors (Lipinski definition) is 6. The van der Waals surface area contributed by atoms with Gasteiger partial charge in [-0.25, -0.2) is 10.4 Å². The molecule has 0 radical (unpaired) electrons. The standard InChI is InChI=1S/C16H14N4O2S/c21-13-7-3-1-5-11(13)9-18-20-15(22)10-17-16-19-12-6-2-4-8-14(12)23-16/h1-9,21H,10H2,(H,17,19)(H,20,22)/b18-9+. The number of hydrogen-bond donors (Lipinski definition) is 3. The number of aromatic hydroxyl groups is 1. The molecule has 0 aliphatic carbocycles. The molecular weight excluding hydrogens is 312 g/mol. The molecule has 0 saturated heterocycles. The Balaban J connectivity index is 1.52. The van der Waals surface area contributed by atoms with Crippen LogP contribution in [0.5, 0.6) is 5.75 Å². The number of amides is 1. The summed E-state index contributed by atoms with van der Waals surface area (Å²) in [5.74, 6) is -0.186. The van der Waals surface area contributed by atoms with Crippen LogP contribution in [0.25, 0.3) is 10.2 Å². The Morgan fingerprint density at radius 2 is 2.00 bits per heavy atom. The summed E-state index contributed by atoms with van der Waals surface area (Å²) in [5.41, 5.74) is 3.83. The normalized spacial score (nSPS) is 11.0. The largest absolute Gasteiger partial charge is 0.507 e. The minimum Gasteiger partial charge on any atom is -0.507 e. The molecule has 0 aliphatic rings. The fraction of sp³-hybridized carbons (Fsp3) is 0.0625. The zero-order chi connectivity index (χ0) is 16.1. The Morgan fingerprint density at radius 1 is 1.22 bits per heavy atom. The van der Waals surface area contributed by atoms with Crippen LogP contribution in [0.1, 0.15) is 5.56 Å². The SMILES string of the molecule is O=C(CNc1nc2ccccc2s1)N/N=C/c1ccccc1O. The van der Waals surface area contributed by atoms with Crippen molar-refractivity contribution in [1.82, 2.24) is 10.4 Å². The average Bonchev–Trinajstić information content (AvgIpc) is 2.98. The Bertz CT molecular complexity index is 827. The summed E-state index contributed by atoms with van der Waals surface area (Å²) in [6, 6.07) is 14.5. The van der Waals surface area contributed by atoms with Gasteiger partial charge in [0.2, 0.25) is 0 Å². The van der Waals surface area contributed by atoms with Crippen LogP contribution in [0.4, 0.5) is 5.13 Å². The molecule has 3 N–H and O–H groups in total. The molecule has 2 aromatic carbocycles. The van der Waals surface area contributed by atoms with E-state index in [1.165, 1.54) is 17.6 Å². The number of fused-ring (bicyclic) bond motifs is 1. The van der Waals surface area contributed by atoms with Crippen molar-refractivity contribution in [3.8, 4) is 5.75 Å². The van der Waals surface area contributed by atoms with Gasteiger partial charge in [-0.05, 0) is 24.3 Å². The van der Waals surface area contributed by atoms with Gasteiger partial charge < -0.3 is 10.4 Å². The van der Waals surface area contributed by atoms with Gasteiger partial charge in [0.25, 0.3) is 5.91 Å². The second-order valence-electron chi connectivity index (χ2n) is 4.69. The third kappa shape index (κ3) is 3.83. The maximum absolute atomic E-state index is 11.7. The van der Waals surface area contributed by atoms with E-state index in [4.69, 9.17) is 0 Å². The maximum atomic E-state index is 11.7. The number of para-hydroxylation sites is 2. The van der Waals surface area contributed by atoms with Gasteiger partial charge in [-0.15, -0.1) is 0 Å². The minimum atomic E-state index is -0.295. The number of phenolic OH excluding ortho intramolecular Hbond substituents is 1. The van der Waals surface area contributed by atoms with E-state index in [0.717, 1.165) is 10.2 Å². The van der Waals surface area contributed by atoms with Gasteiger partial charge in [-0.2, -0.15) is 5.10 Å². The summed E-state index contributed by atoms with van der Waals surface area (Å²) >= 11 is 1.49. The van der Waals surface area contributed by atoms with Crippen molar-refractivity contribution in [2.75, 3.05) is 11.9 Å². The minimum absolute atomic E-state index is 0.0674. The molecule has 116 valence electrons. The third-order valence-electron chi connectivity index (χ3n) is 3.02. The third-order valence-corrected chi connectivity index (χ3v) is 4.02. The van der Waals surface area contributed by atoms with Crippen LogP contribution in [0.2, 0.25) is 0 Å². The van der Waals surface area contributed by atoms with Gasteiger partial charge in [-0.1, -0.05) is 35.6 Å². The van der Waals surface area contributed by atoms with E-state index in [1.807, 2.05) is 24.3 Å². The summed E-state index contributed by atoms with van der Waals surface area (Å²) in [7, 11) is 0. The van der Waals surface area contributed by atoms with Gasteiger partial charge in [-0.3, -0.25) is 4.79 Å². The summed E-state index contributed by atoms with van der Waals surface area (Å²) < 4.78 is 1.06. The summed E-state index contributed by atoms with van der Waals surface area (Å²) in [4.78, 5) is 16.1. The first kappa shape index (κ1) is 15.0. The van der Waals surface area contributed by atoms with Crippen LogP contribution in [0.3, 0.4) is 0 Å². The lowest BCUT2D eigenvalue weighted by atomic mass is 10.2. The van der Waals surface area contributed by atoms with Crippen LogP contribution in [-0.4, -0.2) is 28.8 Å². The monoisotopic (exact) mass is 326 g/mol. The fourth-order valence-electron chi connectivity index (χ4n) is 1.91. The number of nitrogens with one attached hydrogen (secondary N) is 2. The number of aromatic nitrogens is 1. The topological polar surface area (TPSA) is 86.6 Å². The lowest BCUT2D eigenvalue weighted by Gasteiger charge is -2.01. The van der Waals surface area contributed by atoms with Crippen LogP contribution in [-0.2, 0) is 4.79 Å². The van der Waals surface area contributed by atoms with E-state index in [2.05, 4.69) is 20.8 Å². The van der Waals surface area contributed by atoms with Gasteiger partial charge in [0.05, 0.1) is 23.0 Å². The first-order valence-corrected chi connectivity index (χ1v) is 7.73. The van der Waals surface area contributed by atoms with Gasteiger partial charge in [0, 0.05) is 5.56 Å². The van der Waals surface area contributed by atoms with E-state index in [1.54, 1.807) is 24.3 Å². The predicted octanol–water partition coefficient (Wildman–Crippen LogP) is 2.56. The molecule has 0 aliphatic heterocycles. The van der Waals surface area contributed by atoms with Crippen LogP contribution >= 0.6 is 11.3 Å². The molecule has 1 aromatic heterocycles. The molecule has 7 heteroatoms. The summed E-state index contributed by atoms with van der Waals surface area (Å²) in [5, 5.41) is 17.0. The number of thiazole rings is 1. The number of phenols is 1. The number of anilines is 1. The number of rotatable bonds is 5. The highest BCUT2D eigenvalue weighted by atomic mass is 32.1.